The van der Waals surface area contributed by atoms with Crippen molar-refractivity contribution in [3.63, 3.8) is 0 Å². The maximum Gasteiger partial charge on any atom is 0.238 e. The fourth-order valence-electron chi connectivity index (χ4n) is 2.35. The summed E-state index contributed by atoms with van der Waals surface area (Å²) >= 11 is 19.1. The zero-order valence-corrected chi connectivity index (χ0v) is 17.2. The highest BCUT2D eigenvalue weighted by Crippen LogP contribution is 2.30. The van der Waals surface area contributed by atoms with E-state index >= 15 is 0 Å². The van der Waals surface area contributed by atoms with Gasteiger partial charge in [0, 0.05) is 24.2 Å². The molecule has 5 nitrogen and oxygen atoms in total. The van der Waals surface area contributed by atoms with Crippen LogP contribution in [-0.2, 0) is 9.59 Å². The predicted molar refractivity (Wildman–Crippen MR) is 112 cm³/mol. The van der Waals surface area contributed by atoms with E-state index in [-0.39, 0.29) is 18.2 Å². The van der Waals surface area contributed by atoms with Crippen molar-refractivity contribution in [1.82, 2.24) is 4.90 Å². The van der Waals surface area contributed by atoms with Crippen LogP contribution >= 0.6 is 46.6 Å². The number of benzene rings is 2. The minimum Gasteiger partial charge on any atom is -0.325 e. The van der Waals surface area contributed by atoms with Crippen LogP contribution < -0.4 is 5.32 Å². The molecule has 0 aromatic heterocycles. The molecule has 1 aliphatic rings. The number of hydrogen-bond acceptors (Lipinski definition) is 4. The van der Waals surface area contributed by atoms with Gasteiger partial charge in [0.1, 0.15) is 5.25 Å². The molecule has 1 saturated heterocycles. The number of nitrogens with one attached hydrogen (secondary N) is 1. The first kappa shape index (κ1) is 20.0. The molecule has 0 saturated carbocycles. The van der Waals surface area contributed by atoms with Crippen molar-refractivity contribution < 1.29 is 9.59 Å². The van der Waals surface area contributed by atoms with Gasteiger partial charge in [0.2, 0.25) is 11.8 Å². The summed E-state index contributed by atoms with van der Waals surface area (Å²) in [7, 11) is 1.63. The van der Waals surface area contributed by atoms with Gasteiger partial charge in [-0.05, 0) is 36.4 Å². The molecule has 2 aromatic rings. The van der Waals surface area contributed by atoms with Gasteiger partial charge in [-0.15, -0.1) is 0 Å². The lowest BCUT2D eigenvalue weighted by Gasteiger charge is -2.28. The number of thioether (sulfide) groups is 1. The highest BCUT2D eigenvalue weighted by molar-refractivity contribution is 8.15. The average molecular weight is 443 g/mol. The predicted octanol–water partition coefficient (Wildman–Crippen LogP) is 5.24. The lowest BCUT2D eigenvalue weighted by Crippen LogP contribution is -2.43. The first-order valence-electron chi connectivity index (χ1n) is 7.87. The molecule has 0 bridgehead atoms. The van der Waals surface area contributed by atoms with Crippen LogP contribution in [0.4, 0.5) is 11.4 Å². The number of anilines is 1. The SMILES string of the molecule is CN1C(=O)CC(C(=O)Nc2ccc(Cl)c(Cl)c2)SC1=Nc1cccc(Cl)c1. The van der Waals surface area contributed by atoms with Crippen molar-refractivity contribution in [2.45, 2.75) is 11.7 Å². The maximum absolute atomic E-state index is 12.6. The fourth-order valence-corrected chi connectivity index (χ4v) is 3.90. The van der Waals surface area contributed by atoms with Crippen molar-refractivity contribution in [2.75, 3.05) is 12.4 Å². The molecule has 2 amide bonds. The van der Waals surface area contributed by atoms with Crippen molar-refractivity contribution in [3.8, 4) is 0 Å². The smallest absolute Gasteiger partial charge is 0.238 e. The molecule has 0 radical (unpaired) electrons. The van der Waals surface area contributed by atoms with E-state index in [9.17, 15) is 9.59 Å². The number of hydrogen-bond donors (Lipinski definition) is 1. The summed E-state index contributed by atoms with van der Waals surface area (Å²) in [5.74, 6) is -0.498. The van der Waals surface area contributed by atoms with E-state index in [2.05, 4.69) is 10.3 Å². The second-order valence-electron chi connectivity index (χ2n) is 5.76. The standard InChI is InChI=1S/C18H14Cl3N3O2S/c1-24-16(25)9-15(17(26)22-12-5-6-13(20)14(21)8-12)27-18(24)23-11-4-2-3-10(19)7-11/h2-8,15H,9H2,1H3,(H,22,26). The van der Waals surface area contributed by atoms with Crippen molar-refractivity contribution in [3.05, 3.63) is 57.5 Å². The van der Waals surface area contributed by atoms with Crippen molar-refractivity contribution in [1.29, 1.82) is 0 Å². The molecule has 2 aromatic carbocycles. The zero-order valence-electron chi connectivity index (χ0n) is 14.1. The van der Waals surface area contributed by atoms with Crippen molar-refractivity contribution in [2.24, 2.45) is 4.99 Å². The van der Waals surface area contributed by atoms with Gasteiger partial charge < -0.3 is 5.32 Å². The Labute approximate surface area is 175 Å². The number of carbonyl (C=O) groups is 2. The van der Waals surface area contributed by atoms with Gasteiger partial charge >= 0.3 is 0 Å². The lowest BCUT2D eigenvalue weighted by atomic mass is 10.2. The zero-order chi connectivity index (χ0) is 19.6. The van der Waals surface area contributed by atoms with E-state index in [0.29, 0.717) is 31.6 Å². The summed E-state index contributed by atoms with van der Waals surface area (Å²) in [6.07, 6.45) is 0.0723. The van der Waals surface area contributed by atoms with E-state index in [1.807, 2.05) is 0 Å². The number of halogens is 3. The Morgan fingerprint density at radius 2 is 1.96 bits per heavy atom. The molecule has 3 rings (SSSR count). The van der Waals surface area contributed by atoms with Gasteiger partial charge in [-0.3, -0.25) is 14.5 Å². The first-order chi connectivity index (χ1) is 12.8. The van der Waals surface area contributed by atoms with Crippen molar-refractivity contribution >= 4 is 74.9 Å². The van der Waals surface area contributed by atoms with Crippen LogP contribution in [0.1, 0.15) is 6.42 Å². The summed E-state index contributed by atoms with van der Waals surface area (Å²) in [5, 5.41) is 3.86. The van der Waals surface area contributed by atoms with Gasteiger partial charge in [-0.25, -0.2) is 4.99 Å². The normalized spacial score (nSPS) is 18.7. The third-order valence-electron chi connectivity index (χ3n) is 3.78. The van der Waals surface area contributed by atoms with Crippen LogP contribution in [0.5, 0.6) is 0 Å². The molecular weight excluding hydrogens is 429 g/mol. The van der Waals surface area contributed by atoms with Crippen LogP contribution in [0.15, 0.2) is 47.5 Å². The number of amides is 2. The summed E-state index contributed by atoms with van der Waals surface area (Å²) in [4.78, 5) is 30.8. The third kappa shape index (κ3) is 4.96. The number of rotatable bonds is 3. The number of aliphatic imine (C=N–C) groups is 1. The molecule has 0 spiro atoms. The Balaban J connectivity index is 1.78. The number of amidine groups is 1. The summed E-state index contributed by atoms with van der Waals surface area (Å²) in [6, 6.07) is 11.8. The first-order valence-corrected chi connectivity index (χ1v) is 9.88. The van der Waals surface area contributed by atoms with Crippen LogP contribution in [-0.4, -0.2) is 34.2 Å². The molecule has 1 N–H and O–H groups in total. The van der Waals surface area contributed by atoms with Gasteiger partial charge in [-0.1, -0.05) is 52.6 Å². The molecule has 27 heavy (non-hydrogen) atoms. The second kappa shape index (κ2) is 8.52. The molecule has 140 valence electrons. The van der Waals surface area contributed by atoms with Gasteiger partial charge in [-0.2, -0.15) is 0 Å². The molecule has 0 aliphatic carbocycles. The maximum atomic E-state index is 12.6. The average Bonchev–Trinajstić information content (AvgIpc) is 2.62. The van der Waals surface area contributed by atoms with E-state index in [4.69, 9.17) is 34.8 Å². The highest BCUT2D eigenvalue weighted by Gasteiger charge is 2.34. The third-order valence-corrected chi connectivity index (χ3v) is 6.00. The Bertz CT molecular complexity index is 936. The van der Waals surface area contributed by atoms with Crippen LogP contribution in [0, 0.1) is 0 Å². The van der Waals surface area contributed by atoms with Crippen LogP contribution in [0.3, 0.4) is 0 Å². The van der Waals surface area contributed by atoms with Gasteiger partial charge in [0.15, 0.2) is 5.17 Å². The van der Waals surface area contributed by atoms with E-state index < -0.39 is 5.25 Å². The van der Waals surface area contributed by atoms with Crippen LogP contribution in [0.25, 0.3) is 0 Å². The number of carbonyl (C=O) groups excluding carboxylic acids is 2. The Morgan fingerprint density at radius 1 is 1.19 bits per heavy atom. The quantitative estimate of drug-likeness (QED) is 0.707. The van der Waals surface area contributed by atoms with Gasteiger partial charge in [0.25, 0.3) is 0 Å². The number of nitrogens with zero attached hydrogens (tertiary/aromatic N) is 2. The largest absolute Gasteiger partial charge is 0.325 e. The summed E-state index contributed by atoms with van der Waals surface area (Å²) in [5.41, 5.74) is 1.12. The molecule has 1 fully saturated rings. The summed E-state index contributed by atoms with van der Waals surface area (Å²) in [6.45, 7) is 0. The Kier molecular flexibility index (Phi) is 6.32. The Morgan fingerprint density at radius 3 is 2.67 bits per heavy atom. The topological polar surface area (TPSA) is 61.8 Å². The molecule has 1 unspecified atom stereocenters. The Hall–Kier alpha value is -1.73. The second-order valence-corrected chi connectivity index (χ2v) is 8.18. The lowest BCUT2D eigenvalue weighted by molar-refractivity contribution is -0.128. The molecule has 1 heterocycles. The summed E-state index contributed by atoms with van der Waals surface area (Å²) < 4.78 is 0. The van der Waals surface area contributed by atoms with Crippen LogP contribution in [0.2, 0.25) is 15.1 Å². The van der Waals surface area contributed by atoms with Gasteiger partial charge in [0.05, 0.1) is 15.7 Å². The molecule has 9 heteroatoms. The van der Waals surface area contributed by atoms with E-state index in [1.165, 1.54) is 16.7 Å². The molecular formula is C18H14Cl3N3O2S. The molecule has 1 atom stereocenters. The molecule has 1 aliphatic heterocycles. The minimum atomic E-state index is -0.610. The highest BCUT2D eigenvalue weighted by atomic mass is 35.5. The minimum absolute atomic E-state index is 0.0723. The van der Waals surface area contributed by atoms with E-state index in [0.717, 1.165) is 0 Å². The fraction of sp³-hybridized carbons (Fsp3) is 0.167. The van der Waals surface area contributed by atoms with E-state index in [1.54, 1.807) is 49.5 Å². The monoisotopic (exact) mass is 441 g/mol.